The Morgan fingerprint density at radius 3 is 2.47 bits per heavy atom. The number of carbonyl (C=O) groups is 1. The van der Waals surface area contributed by atoms with E-state index in [1.165, 1.54) is 0 Å². The molecule has 0 unspecified atom stereocenters. The van der Waals surface area contributed by atoms with E-state index >= 15 is 0 Å². The first-order valence-electron chi connectivity index (χ1n) is 7.15. The van der Waals surface area contributed by atoms with Crippen molar-refractivity contribution < 1.29 is 14.3 Å². The fourth-order valence-electron chi connectivity index (χ4n) is 2.13. The van der Waals surface area contributed by atoms with E-state index in [1.807, 2.05) is 32.0 Å². The fourth-order valence-corrected chi connectivity index (χ4v) is 2.13. The number of carbonyl (C=O) groups excluding carboxylic acids is 1. The zero-order valence-corrected chi connectivity index (χ0v) is 11.8. The lowest BCUT2D eigenvalue weighted by atomic mass is 10.0. The van der Waals surface area contributed by atoms with Gasteiger partial charge in [-0.25, -0.2) is 0 Å². The van der Waals surface area contributed by atoms with Crippen molar-refractivity contribution in [2.24, 2.45) is 5.92 Å². The van der Waals surface area contributed by atoms with Crippen molar-refractivity contribution in [2.45, 2.75) is 39.5 Å². The lowest BCUT2D eigenvalue weighted by molar-refractivity contribution is -0.120. The van der Waals surface area contributed by atoms with Gasteiger partial charge >= 0.3 is 0 Å². The molecule has 0 atom stereocenters. The lowest BCUT2D eigenvalue weighted by Gasteiger charge is -2.12. The summed E-state index contributed by atoms with van der Waals surface area (Å²) in [5, 5.41) is 0. The van der Waals surface area contributed by atoms with Crippen molar-refractivity contribution in [3.63, 3.8) is 0 Å². The zero-order chi connectivity index (χ0) is 13.7. The van der Waals surface area contributed by atoms with Gasteiger partial charge in [-0.15, -0.1) is 0 Å². The smallest absolute Gasteiger partial charge is 0.161 e. The van der Waals surface area contributed by atoms with Gasteiger partial charge in [0.25, 0.3) is 0 Å². The van der Waals surface area contributed by atoms with Crippen LogP contribution in [0.2, 0.25) is 0 Å². The summed E-state index contributed by atoms with van der Waals surface area (Å²) in [6.07, 6.45) is 3.62. The summed E-state index contributed by atoms with van der Waals surface area (Å²) < 4.78 is 11.1. The third-order valence-corrected chi connectivity index (χ3v) is 3.30. The molecule has 0 spiro atoms. The molecule has 0 bridgehead atoms. The van der Waals surface area contributed by atoms with Gasteiger partial charge in [-0.2, -0.15) is 0 Å². The third kappa shape index (κ3) is 3.98. The van der Waals surface area contributed by atoms with Crippen LogP contribution in [-0.2, 0) is 11.2 Å². The van der Waals surface area contributed by atoms with Gasteiger partial charge in [0.05, 0.1) is 13.2 Å². The van der Waals surface area contributed by atoms with E-state index in [0.717, 1.165) is 36.3 Å². The molecule has 2 rings (SSSR count). The van der Waals surface area contributed by atoms with Gasteiger partial charge in [0.1, 0.15) is 5.78 Å². The molecule has 1 saturated carbocycles. The van der Waals surface area contributed by atoms with Gasteiger partial charge in [0.2, 0.25) is 0 Å². The van der Waals surface area contributed by atoms with Gasteiger partial charge in [-0.05, 0) is 50.8 Å². The van der Waals surface area contributed by atoms with Crippen molar-refractivity contribution in [2.75, 3.05) is 13.2 Å². The fraction of sp³-hybridized carbons (Fsp3) is 0.562. The van der Waals surface area contributed by atoms with Crippen molar-refractivity contribution in [3.8, 4) is 11.5 Å². The molecule has 0 aromatic heterocycles. The van der Waals surface area contributed by atoms with Crippen LogP contribution in [-0.4, -0.2) is 19.0 Å². The summed E-state index contributed by atoms with van der Waals surface area (Å²) in [7, 11) is 0. The molecule has 104 valence electrons. The first-order chi connectivity index (χ1) is 9.24. The number of ketones is 1. The normalized spacial score (nSPS) is 14.2. The van der Waals surface area contributed by atoms with Gasteiger partial charge in [-0.3, -0.25) is 4.79 Å². The number of hydrogen-bond donors (Lipinski definition) is 0. The molecule has 0 amide bonds. The van der Waals surface area contributed by atoms with Crippen LogP contribution in [0, 0.1) is 5.92 Å². The summed E-state index contributed by atoms with van der Waals surface area (Å²) in [5.41, 5.74) is 1.14. The summed E-state index contributed by atoms with van der Waals surface area (Å²) in [6.45, 7) is 5.15. The molecule has 0 N–H and O–H groups in total. The summed E-state index contributed by atoms with van der Waals surface area (Å²) in [6, 6.07) is 5.95. The molecule has 19 heavy (non-hydrogen) atoms. The maximum atomic E-state index is 11.7. The van der Waals surface area contributed by atoms with Crippen LogP contribution in [0.3, 0.4) is 0 Å². The number of Topliss-reactive ketones (excluding diaryl/α,β-unsaturated/α-hetero) is 1. The number of ether oxygens (including phenoxy) is 2. The SMILES string of the molecule is CCOc1ccc(CCC(=O)C2CC2)cc1OCC. The molecular formula is C16H22O3. The second kappa shape index (κ2) is 6.60. The van der Waals surface area contributed by atoms with E-state index in [1.54, 1.807) is 0 Å². The quantitative estimate of drug-likeness (QED) is 0.720. The molecule has 3 nitrogen and oxygen atoms in total. The maximum Gasteiger partial charge on any atom is 0.161 e. The standard InChI is InChI=1S/C16H22O3/c1-3-18-15-10-6-12(11-16(15)19-4-2)5-9-14(17)13-7-8-13/h6,10-11,13H,3-5,7-9H2,1-2H3. The Bertz CT molecular complexity index is 436. The van der Waals surface area contributed by atoms with Crippen LogP contribution in [0.15, 0.2) is 18.2 Å². The molecule has 1 aliphatic rings. The van der Waals surface area contributed by atoms with Crippen LogP contribution in [0.5, 0.6) is 11.5 Å². The Morgan fingerprint density at radius 1 is 1.16 bits per heavy atom. The number of benzene rings is 1. The van der Waals surface area contributed by atoms with Crippen molar-refractivity contribution in [1.82, 2.24) is 0 Å². The van der Waals surface area contributed by atoms with Gasteiger partial charge in [-0.1, -0.05) is 6.07 Å². The minimum absolute atomic E-state index is 0.356. The average Bonchev–Trinajstić information content (AvgIpc) is 3.23. The Morgan fingerprint density at radius 2 is 1.84 bits per heavy atom. The van der Waals surface area contributed by atoms with Gasteiger partial charge in [0, 0.05) is 12.3 Å². The Labute approximate surface area is 114 Å². The topological polar surface area (TPSA) is 35.5 Å². The van der Waals surface area contributed by atoms with Crippen LogP contribution in [0.1, 0.15) is 38.7 Å². The zero-order valence-electron chi connectivity index (χ0n) is 11.8. The van der Waals surface area contributed by atoms with E-state index < -0.39 is 0 Å². The average molecular weight is 262 g/mol. The number of hydrogen-bond acceptors (Lipinski definition) is 3. The second-order valence-corrected chi connectivity index (χ2v) is 4.89. The Kier molecular flexibility index (Phi) is 4.83. The maximum absolute atomic E-state index is 11.7. The highest BCUT2D eigenvalue weighted by atomic mass is 16.5. The lowest BCUT2D eigenvalue weighted by Crippen LogP contribution is -2.03. The number of aryl methyl sites for hydroxylation is 1. The Balaban J connectivity index is 1.99. The van der Waals surface area contributed by atoms with Crippen LogP contribution in [0.25, 0.3) is 0 Å². The molecule has 0 radical (unpaired) electrons. The van der Waals surface area contributed by atoms with Crippen LogP contribution < -0.4 is 9.47 Å². The molecule has 1 aliphatic carbocycles. The largest absolute Gasteiger partial charge is 0.490 e. The molecular weight excluding hydrogens is 240 g/mol. The molecule has 3 heteroatoms. The first kappa shape index (κ1) is 13.9. The van der Waals surface area contributed by atoms with Crippen LogP contribution >= 0.6 is 0 Å². The predicted octanol–water partition coefficient (Wildman–Crippen LogP) is 3.40. The Hall–Kier alpha value is -1.51. The molecule has 0 heterocycles. The van der Waals surface area contributed by atoms with Crippen molar-refractivity contribution >= 4 is 5.78 Å². The van der Waals surface area contributed by atoms with Crippen molar-refractivity contribution in [3.05, 3.63) is 23.8 Å². The van der Waals surface area contributed by atoms with E-state index in [2.05, 4.69) is 0 Å². The highest BCUT2D eigenvalue weighted by Gasteiger charge is 2.28. The minimum atomic E-state index is 0.356. The highest BCUT2D eigenvalue weighted by molar-refractivity contribution is 5.83. The molecule has 0 aliphatic heterocycles. The molecule has 1 aromatic carbocycles. The summed E-state index contributed by atoms with van der Waals surface area (Å²) in [5.74, 6) is 2.32. The van der Waals surface area contributed by atoms with E-state index in [-0.39, 0.29) is 0 Å². The highest BCUT2D eigenvalue weighted by Crippen LogP contribution is 2.32. The monoisotopic (exact) mass is 262 g/mol. The molecule has 1 aromatic rings. The predicted molar refractivity (Wildman–Crippen MR) is 74.8 cm³/mol. The number of rotatable bonds is 8. The third-order valence-electron chi connectivity index (χ3n) is 3.30. The summed E-state index contributed by atoms with van der Waals surface area (Å²) >= 11 is 0. The minimum Gasteiger partial charge on any atom is -0.490 e. The van der Waals surface area contributed by atoms with Gasteiger partial charge in [0.15, 0.2) is 11.5 Å². The summed E-state index contributed by atoms with van der Waals surface area (Å²) in [4.78, 5) is 11.7. The van der Waals surface area contributed by atoms with E-state index in [0.29, 0.717) is 31.3 Å². The van der Waals surface area contributed by atoms with E-state index in [9.17, 15) is 4.79 Å². The van der Waals surface area contributed by atoms with E-state index in [4.69, 9.17) is 9.47 Å². The van der Waals surface area contributed by atoms with Crippen LogP contribution in [0.4, 0.5) is 0 Å². The van der Waals surface area contributed by atoms with Gasteiger partial charge < -0.3 is 9.47 Å². The molecule has 1 fully saturated rings. The van der Waals surface area contributed by atoms with Crippen molar-refractivity contribution in [1.29, 1.82) is 0 Å². The first-order valence-corrected chi connectivity index (χ1v) is 7.15. The second-order valence-electron chi connectivity index (χ2n) is 4.89. The molecule has 0 saturated heterocycles.